The molecular weight excluding hydrogens is 495 g/mol. The maximum absolute atomic E-state index is 14.0. The van der Waals surface area contributed by atoms with E-state index in [2.05, 4.69) is 39.3 Å². The number of aromatic nitrogens is 1. The number of halogens is 1. The third-order valence-corrected chi connectivity index (χ3v) is 6.61. The van der Waals surface area contributed by atoms with Gasteiger partial charge in [0.05, 0.1) is 19.6 Å². The Bertz CT molecular complexity index is 1240. The van der Waals surface area contributed by atoms with Crippen molar-refractivity contribution in [3.63, 3.8) is 0 Å². The summed E-state index contributed by atoms with van der Waals surface area (Å²) in [7, 11) is 2.14. The number of benzene rings is 2. The zero-order valence-corrected chi connectivity index (χ0v) is 23.4. The molecule has 1 aromatic heterocycles. The van der Waals surface area contributed by atoms with E-state index in [-0.39, 0.29) is 24.7 Å². The summed E-state index contributed by atoms with van der Waals surface area (Å²) in [5, 5.41) is 2.86. The number of pyridine rings is 1. The number of carbonyl (C=O) groups excluding carboxylic acids is 1. The summed E-state index contributed by atoms with van der Waals surface area (Å²) in [6, 6.07) is 14.6. The van der Waals surface area contributed by atoms with Gasteiger partial charge in [-0.3, -0.25) is 9.78 Å². The Morgan fingerprint density at radius 1 is 1.03 bits per heavy atom. The topological polar surface area (TPSA) is 66.9 Å². The van der Waals surface area contributed by atoms with E-state index in [4.69, 9.17) is 9.47 Å². The maximum atomic E-state index is 14.0. The lowest BCUT2D eigenvalue weighted by Crippen LogP contribution is -2.44. The van der Waals surface area contributed by atoms with Crippen LogP contribution in [0.3, 0.4) is 0 Å². The smallest absolute Gasteiger partial charge is 0.226 e. The predicted molar refractivity (Wildman–Crippen MR) is 153 cm³/mol. The number of nitrogens with one attached hydrogen (secondary N) is 1. The summed E-state index contributed by atoms with van der Waals surface area (Å²) >= 11 is 0. The second-order valence-electron chi connectivity index (χ2n) is 10.4. The van der Waals surface area contributed by atoms with Crippen molar-refractivity contribution < 1.29 is 18.7 Å². The van der Waals surface area contributed by atoms with Crippen LogP contribution in [0.1, 0.15) is 32.0 Å². The molecule has 0 saturated carbocycles. The first-order chi connectivity index (χ1) is 18.8. The maximum Gasteiger partial charge on any atom is 0.226 e. The van der Waals surface area contributed by atoms with Gasteiger partial charge in [0.25, 0.3) is 0 Å². The van der Waals surface area contributed by atoms with Crippen LogP contribution in [0.2, 0.25) is 0 Å². The van der Waals surface area contributed by atoms with Crippen LogP contribution in [0.4, 0.5) is 10.1 Å². The van der Waals surface area contributed by atoms with Gasteiger partial charge >= 0.3 is 0 Å². The molecule has 0 aliphatic carbocycles. The molecular formula is C31H39FN4O3. The first-order valence-electron chi connectivity index (χ1n) is 13.6. The molecule has 1 amide bonds. The number of nitrogens with zero attached hydrogens (tertiary/aromatic N) is 3. The van der Waals surface area contributed by atoms with Crippen LogP contribution in [0.25, 0.3) is 11.1 Å². The highest BCUT2D eigenvalue weighted by molar-refractivity contribution is 5.81. The highest BCUT2D eigenvalue weighted by Gasteiger charge is 2.19. The zero-order chi connectivity index (χ0) is 27.8. The molecule has 8 heteroatoms. The average Bonchev–Trinajstić information content (AvgIpc) is 2.92. The van der Waals surface area contributed by atoms with E-state index in [0.29, 0.717) is 36.1 Å². The summed E-state index contributed by atoms with van der Waals surface area (Å²) in [5.74, 6) is 1.10. The number of anilines is 1. The highest BCUT2D eigenvalue weighted by Crippen LogP contribution is 2.34. The average molecular weight is 535 g/mol. The normalized spacial score (nSPS) is 13.9. The molecule has 0 bridgehead atoms. The van der Waals surface area contributed by atoms with Crippen molar-refractivity contribution in [1.29, 1.82) is 0 Å². The standard InChI is InChI=1S/C31H39FN4O3/c1-5-38-27-8-9-29(30(18-27)36-12-10-35(4)11-13-36)24-6-7-26(33-20-24)17-31(37)34-19-23-14-25(32)16-28(15-23)39-21-22(2)3/h6-9,14-16,18,20,22H,5,10-13,17,19,21H2,1-4H3,(H,34,37). The second kappa shape index (κ2) is 13.4. The molecule has 208 valence electrons. The van der Waals surface area contributed by atoms with E-state index in [0.717, 1.165) is 48.7 Å². The molecule has 2 heterocycles. The van der Waals surface area contributed by atoms with Gasteiger partial charge in [0, 0.05) is 73.6 Å². The summed E-state index contributed by atoms with van der Waals surface area (Å²) in [6.45, 7) is 11.3. The van der Waals surface area contributed by atoms with E-state index in [1.165, 1.54) is 12.1 Å². The van der Waals surface area contributed by atoms with Crippen LogP contribution in [0.15, 0.2) is 54.7 Å². The van der Waals surface area contributed by atoms with Gasteiger partial charge < -0.3 is 24.6 Å². The molecule has 3 aromatic rings. The zero-order valence-electron chi connectivity index (χ0n) is 23.4. The van der Waals surface area contributed by atoms with E-state index in [9.17, 15) is 9.18 Å². The summed E-state index contributed by atoms with van der Waals surface area (Å²) in [4.78, 5) is 21.9. The first kappa shape index (κ1) is 28.4. The van der Waals surface area contributed by atoms with Gasteiger partial charge in [-0.25, -0.2) is 4.39 Å². The van der Waals surface area contributed by atoms with Crippen molar-refractivity contribution in [2.24, 2.45) is 5.92 Å². The third kappa shape index (κ3) is 8.17. The van der Waals surface area contributed by atoms with Crippen LogP contribution in [-0.4, -0.2) is 62.2 Å². The molecule has 0 radical (unpaired) electrons. The number of hydrogen-bond donors (Lipinski definition) is 1. The Kier molecular flexibility index (Phi) is 9.76. The second-order valence-corrected chi connectivity index (χ2v) is 10.4. The number of likely N-dealkylation sites (N-methyl/N-ethyl adjacent to an activating group) is 1. The van der Waals surface area contributed by atoms with Gasteiger partial charge in [-0.1, -0.05) is 19.9 Å². The van der Waals surface area contributed by atoms with Crippen molar-refractivity contribution in [3.8, 4) is 22.6 Å². The molecule has 7 nitrogen and oxygen atoms in total. The fourth-order valence-electron chi connectivity index (χ4n) is 4.51. The molecule has 39 heavy (non-hydrogen) atoms. The number of amides is 1. The van der Waals surface area contributed by atoms with Crippen molar-refractivity contribution in [2.45, 2.75) is 33.7 Å². The van der Waals surface area contributed by atoms with E-state index in [1.807, 2.05) is 45.2 Å². The molecule has 4 rings (SSSR count). The Morgan fingerprint density at radius 3 is 2.51 bits per heavy atom. The number of hydrogen-bond acceptors (Lipinski definition) is 6. The number of rotatable bonds is 11. The molecule has 1 saturated heterocycles. The lowest BCUT2D eigenvalue weighted by atomic mass is 10.0. The van der Waals surface area contributed by atoms with E-state index in [1.54, 1.807) is 6.07 Å². The fourth-order valence-corrected chi connectivity index (χ4v) is 4.51. The third-order valence-electron chi connectivity index (χ3n) is 6.61. The van der Waals surface area contributed by atoms with E-state index < -0.39 is 0 Å². The Labute approximate surface area is 230 Å². The Hall–Kier alpha value is -3.65. The van der Waals surface area contributed by atoms with Gasteiger partial charge in [-0.2, -0.15) is 0 Å². The van der Waals surface area contributed by atoms with Crippen molar-refractivity contribution in [3.05, 3.63) is 71.8 Å². The largest absolute Gasteiger partial charge is 0.494 e. The first-order valence-corrected chi connectivity index (χ1v) is 13.6. The van der Waals surface area contributed by atoms with E-state index >= 15 is 0 Å². The minimum atomic E-state index is -0.386. The van der Waals surface area contributed by atoms with Crippen LogP contribution < -0.4 is 19.7 Å². The predicted octanol–water partition coefficient (Wildman–Crippen LogP) is 4.93. The van der Waals surface area contributed by atoms with Crippen molar-refractivity contribution in [1.82, 2.24) is 15.2 Å². The molecule has 0 spiro atoms. The van der Waals surface area contributed by atoms with Crippen molar-refractivity contribution >= 4 is 11.6 Å². The highest BCUT2D eigenvalue weighted by atomic mass is 19.1. The molecule has 0 unspecified atom stereocenters. The molecule has 1 fully saturated rings. The van der Waals surface area contributed by atoms with Crippen LogP contribution in [0, 0.1) is 11.7 Å². The Morgan fingerprint density at radius 2 is 1.82 bits per heavy atom. The van der Waals surface area contributed by atoms with Gasteiger partial charge in [0.15, 0.2) is 0 Å². The number of carbonyl (C=O) groups is 1. The van der Waals surface area contributed by atoms with Gasteiger partial charge in [0.1, 0.15) is 17.3 Å². The number of piperazine rings is 1. The molecule has 1 aliphatic heterocycles. The monoisotopic (exact) mass is 534 g/mol. The summed E-state index contributed by atoms with van der Waals surface area (Å²) < 4.78 is 25.4. The summed E-state index contributed by atoms with van der Waals surface area (Å²) in [6.07, 6.45) is 1.96. The fraction of sp³-hybridized carbons (Fsp3) is 0.419. The van der Waals surface area contributed by atoms with Gasteiger partial charge in [-0.05, 0) is 55.8 Å². The lowest BCUT2D eigenvalue weighted by molar-refractivity contribution is -0.120. The quantitative estimate of drug-likeness (QED) is 0.376. The van der Waals surface area contributed by atoms with Crippen molar-refractivity contribution in [2.75, 3.05) is 51.3 Å². The van der Waals surface area contributed by atoms with Crippen LogP contribution >= 0.6 is 0 Å². The molecule has 0 atom stereocenters. The molecule has 1 aliphatic rings. The summed E-state index contributed by atoms with van der Waals surface area (Å²) in [5.41, 5.74) is 4.53. The molecule has 2 aromatic carbocycles. The minimum absolute atomic E-state index is 0.140. The van der Waals surface area contributed by atoms with Gasteiger partial charge in [-0.15, -0.1) is 0 Å². The van der Waals surface area contributed by atoms with Crippen LogP contribution in [0.5, 0.6) is 11.5 Å². The lowest BCUT2D eigenvalue weighted by Gasteiger charge is -2.35. The number of ether oxygens (including phenoxy) is 2. The Balaban J connectivity index is 1.40. The van der Waals surface area contributed by atoms with Gasteiger partial charge in [0.2, 0.25) is 5.91 Å². The molecule has 1 N–H and O–H groups in total. The SMILES string of the molecule is CCOc1ccc(-c2ccc(CC(=O)NCc3cc(F)cc(OCC(C)C)c3)nc2)c(N2CCN(C)CC2)c1. The van der Waals surface area contributed by atoms with Crippen LogP contribution in [-0.2, 0) is 17.8 Å². The minimum Gasteiger partial charge on any atom is -0.494 e.